The Morgan fingerprint density at radius 2 is 2.33 bits per heavy atom. The monoisotopic (exact) mass is 229 g/mol. The summed E-state index contributed by atoms with van der Waals surface area (Å²) in [7, 11) is 0. The van der Waals surface area contributed by atoms with E-state index >= 15 is 0 Å². The van der Waals surface area contributed by atoms with Gasteiger partial charge in [-0.15, -0.1) is 11.3 Å². The molecule has 0 atom stereocenters. The molecule has 1 aromatic heterocycles. The van der Waals surface area contributed by atoms with E-state index in [-0.39, 0.29) is 13.0 Å². The molecule has 0 aliphatic heterocycles. The maximum Gasteiger partial charge on any atom is 0.303 e. The fourth-order valence-electron chi connectivity index (χ4n) is 0.901. The van der Waals surface area contributed by atoms with Crippen LogP contribution in [0.5, 0.6) is 0 Å². The van der Waals surface area contributed by atoms with Gasteiger partial charge in [0.1, 0.15) is 0 Å². The van der Waals surface area contributed by atoms with Gasteiger partial charge in [0.15, 0.2) is 5.13 Å². The molecule has 4 N–H and O–H groups in total. The Balaban J connectivity index is 2.41. The quantitative estimate of drug-likeness (QED) is 0.639. The molecule has 15 heavy (non-hydrogen) atoms. The second-order valence-corrected chi connectivity index (χ2v) is 3.72. The van der Waals surface area contributed by atoms with E-state index in [9.17, 15) is 9.59 Å². The normalized spacial score (nSPS) is 9.87. The number of hydrogen-bond acceptors (Lipinski definition) is 5. The molecule has 6 nitrogen and oxygen atoms in total. The van der Waals surface area contributed by atoms with Crippen molar-refractivity contribution in [2.24, 2.45) is 5.73 Å². The first-order valence-corrected chi connectivity index (χ1v) is 5.14. The van der Waals surface area contributed by atoms with Crippen LogP contribution < -0.4 is 11.1 Å². The molecule has 0 unspecified atom stereocenters. The predicted octanol–water partition coefficient (Wildman–Crippen LogP) is 0.0575. The van der Waals surface area contributed by atoms with Gasteiger partial charge >= 0.3 is 5.97 Å². The first-order valence-electron chi connectivity index (χ1n) is 4.26. The van der Waals surface area contributed by atoms with Crippen molar-refractivity contribution >= 4 is 28.3 Å². The molecular formula is C8H11N3O3S. The van der Waals surface area contributed by atoms with Gasteiger partial charge in [0.2, 0.25) is 5.91 Å². The number of nitrogens with one attached hydrogen (secondary N) is 1. The highest BCUT2D eigenvalue weighted by molar-refractivity contribution is 7.13. The van der Waals surface area contributed by atoms with Gasteiger partial charge in [-0.1, -0.05) is 0 Å². The highest BCUT2D eigenvalue weighted by Crippen LogP contribution is 2.15. The van der Waals surface area contributed by atoms with Gasteiger partial charge in [-0.3, -0.25) is 9.59 Å². The molecule has 1 aromatic rings. The zero-order chi connectivity index (χ0) is 11.3. The van der Waals surface area contributed by atoms with E-state index in [1.54, 1.807) is 5.38 Å². The number of aryl methyl sites for hydroxylation is 1. The second kappa shape index (κ2) is 5.30. The molecule has 0 saturated heterocycles. The van der Waals surface area contributed by atoms with Gasteiger partial charge in [0, 0.05) is 11.8 Å². The smallest absolute Gasteiger partial charge is 0.303 e. The minimum atomic E-state index is -0.852. The lowest BCUT2D eigenvalue weighted by atomic mass is 10.2. The number of carbonyl (C=O) groups is 2. The number of anilines is 1. The van der Waals surface area contributed by atoms with Gasteiger partial charge in [0.05, 0.1) is 18.7 Å². The van der Waals surface area contributed by atoms with E-state index in [0.29, 0.717) is 17.2 Å². The molecule has 0 radical (unpaired) electrons. The van der Waals surface area contributed by atoms with Gasteiger partial charge in [-0.05, 0) is 0 Å². The Hall–Kier alpha value is -1.63. The zero-order valence-corrected chi connectivity index (χ0v) is 8.71. The number of carbonyl (C=O) groups excluding carboxylic acids is 1. The zero-order valence-electron chi connectivity index (χ0n) is 7.90. The summed E-state index contributed by atoms with van der Waals surface area (Å²) in [5.74, 6) is -1.31. The van der Waals surface area contributed by atoms with Gasteiger partial charge < -0.3 is 16.2 Å². The van der Waals surface area contributed by atoms with E-state index in [1.165, 1.54) is 11.3 Å². The minimum absolute atomic E-state index is 0.0336. The van der Waals surface area contributed by atoms with E-state index in [2.05, 4.69) is 10.3 Å². The summed E-state index contributed by atoms with van der Waals surface area (Å²) in [5.41, 5.74) is 5.65. The maximum absolute atomic E-state index is 10.5. The lowest BCUT2D eigenvalue weighted by Gasteiger charge is -1.96. The highest BCUT2D eigenvalue weighted by atomic mass is 32.1. The maximum atomic E-state index is 10.5. The third-order valence-corrected chi connectivity index (χ3v) is 2.41. The van der Waals surface area contributed by atoms with Crippen LogP contribution in [-0.2, 0) is 16.0 Å². The van der Waals surface area contributed by atoms with Crippen molar-refractivity contribution in [3.8, 4) is 0 Å². The van der Waals surface area contributed by atoms with Crippen LogP contribution in [0.25, 0.3) is 0 Å². The Kier molecular flexibility index (Phi) is 4.04. The summed E-state index contributed by atoms with van der Waals surface area (Å²) >= 11 is 1.32. The van der Waals surface area contributed by atoms with Gasteiger partial charge in [-0.25, -0.2) is 4.98 Å². The van der Waals surface area contributed by atoms with Crippen LogP contribution in [0, 0.1) is 0 Å². The van der Waals surface area contributed by atoms with Crippen LogP contribution in [0.4, 0.5) is 5.13 Å². The first-order chi connectivity index (χ1) is 7.08. The number of carboxylic acids is 1. The molecule has 0 spiro atoms. The number of carboxylic acid groups (broad SMARTS) is 1. The van der Waals surface area contributed by atoms with Gasteiger partial charge in [0.25, 0.3) is 0 Å². The Morgan fingerprint density at radius 3 is 2.93 bits per heavy atom. The molecule has 0 saturated carbocycles. The molecule has 1 amide bonds. The SMILES string of the molecule is NC(=O)CNc1nc(CCC(=O)O)cs1. The minimum Gasteiger partial charge on any atom is -0.481 e. The Labute approximate surface area is 90.1 Å². The van der Waals surface area contributed by atoms with Crippen molar-refractivity contribution in [3.05, 3.63) is 11.1 Å². The molecule has 82 valence electrons. The number of hydrogen-bond donors (Lipinski definition) is 3. The number of rotatable bonds is 6. The van der Waals surface area contributed by atoms with Crippen molar-refractivity contribution in [1.29, 1.82) is 0 Å². The fourth-order valence-corrected chi connectivity index (χ4v) is 1.64. The third-order valence-electron chi connectivity index (χ3n) is 1.56. The fraction of sp³-hybridized carbons (Fsp3) is 0.375. The second-order valence-electron chi connectivity index (χ2n) is 2.86. The van der Waals surface area contributed by atoms with Crippen molar-refractivity contribution in [1.82, 2.24) is 4.98 Å². The van der Waals surface area contributed by atoms with Crippen molar-refractivity contribution in [2.75, 3.05) is 11.9 Å². The van der Waals surface area contributed by atoms with Crippen molar-refractivity contribution < 1.29 is 14.7 Å². The molecule has 0 aliphatic carbocycles. The van der Waals surface area contributed by atoms with E-state index in [4.69, 9.17) is 10.8 Å². The van der Waals surface area contributed by atoms with E-state index in [1.807, 2.05) is 0 Å². The first kappa shape index (κ1) is 11.4. The van der Waals surface area contributed by atoms with Crippen LogP contribution in [0.3, 0.4) is 0 Å². The molecule has 1 heterocycles. The van der Waals surface area contributed by atoms with E-state index in [0.717, 1.165) is 0 Å². The number of nitrogens with two attached hydrogens (primary N) is 1. The Bertz CT molecular complexity index is 331. The van der Waals surface area contributed by atoms with Crippen LogP contribution >= 0.6 is 11.3 Å². The summed E-state index contributed by atoms with van der Waals surface area (Å²) in [6.45, 7) is 0.0336. The molecule has 7 heteroatoms. The summed E-state index contributed by atoms with van der Waals surface area (Å²) in [6.07, 6.45) is 0.447. The lowest BCUT2D eigenvalue weighted by molar-refractivity contribution is -0.137. The molecule has 0 bridgehead atoms. The standard InChI is InChI=1S/C8H11N3O3S/c9-6(12)3-10-8-11-5(4-15-8)1-2-7(13)14/h4H,1-3H2,(H2,9,12)(H,10,11)(H,13,14). The summed E-state index contributed by atoms with van der Waals surface area (Å²) < 4.78 is 0. The summed E-state index contributed by atoms with van der Waals surface area (Å²) in [4.78, 5) is 24.8. The van der Waals surface area contributed by atoms with Crippen LogP contribution in [0.2, 0.25) is 0 Å². The summed E-state index contributed by atoms with van der Waals surface area (Å²) in [6, 6.07) is 0. The molecule has 0 aromatic carbocycles. The average molecular weight is 229 g/mol. The van der Waals surface area contributed by atoms with Crippen LogP contribution in [-0.4, -0.2) is 28.5 Å². The number of aromatic nitrogens is 1. The lowest BCUT2D eigenvalue weighted by Crippen LogP contribution is -2.21. The number of nitrogens with zero attached hydrogens (tertiary/aromatic N) is 1. The number of aliphatic carboxylic acids is 1. The van der Waals surface area contributed by atoms with Gasteiger partial charge in [-0.2, -0.15) is 0 Å². The predicted molar refractivity (Wildman–Crippen MR) is 55.8 cm³/mol. The molecule has 1 rings (SSSR count). The molecule has 0 aliphatic rings. The summed E-state index contributed by atoms with van der Waals surface area (Å²) in [5, 5.41) is 13.5. The van der Waals surface area contributed by atoms with E-state index < -0.39 is 11.9 Å². The van der Waals surface area contributed by atoms with Crippen molar-refractivity contribution in [2.45, 2.75) is 12.8 Å². The number of amides is 1. The number of primary amides is 1. The average Bonchev–Trinajstić information content (AvgIpc) is 2.59. The third kappa shape index (κ3) is 4.41. The number of thiazole rings is 1. The highest BCUT2D eigenvalue weighted by Gasteiger charge is 2.04. The van der Waals surface area contributed by atoms with Crippen molar-refractivity contribution in [3.63, 3.8) is 0 Å². The Morgan fingerprint density at radius 1 is 1.60 bits per heavy atom. The molecular weight excluding hydrogens is 218 g/mol. The molecule has 0 fully saturated rings. The van der Waals surface area contributed by atoms with Crippen LogP contribution in [0.1, 0.15) is 12.1 Å². The largest absolute Gasteiger partial charge is 0.481 e. The van der Waals surface area contributed by atoms with Crippen LogP contribution in [0.15, 0.2) is 5.38 Å². The topological polar surface area (TPSA) is 105 Å².